The summed E-state index contributed by atoms with van der Waals surface area (Å²) in [5.41, 5.74) is 0. The van der Waals surface area contributed by atoms with E-state index in [4.69, 9.17) is 0 Å². The van der Waals surface area contributed by atoms with E-state index < -0.39 is 0 Å². The van der Waals surface area contributed by atoms with E-state index in [1.54, 1.807) is 6.07 Å². The Bertz CT molecular complexity index is 202. The molecule has 1 radical (unpaired) electrons. The van der Waals surface area contributed by atoms with Gasteiger partial charge in [-0.25, -0.2) is 4.39 Å². The van der Waals surface area contributed by atoms with Crippen LogP contribution in [0.1, 0.15) is 0 Å². The highest BCUT2D eigenvalue weighted by Crippen LogP contribution is 2.24. The van der Waals surface area contributed by atoms with Crippen LogP contribution in [0, 0.1) is 11.9 Å². The Morgan fingerprint density at radius 3 is 2.44 bits per heavy atom. The van der Waals surface area contributed by atoms with Crippen molar-refractivity contribution in [1.29, 1.82) is 0 Å². The molecule has 0 heterocycles. The molecule has 1 rings (SSSR count). The van der Waals surface area contributed by atoms with E-state index in [0.29, 0.717) is 8.95 Å². The van der Waals surface area contributed by atoms with Crippen LogP contribution in [0.4, 0.5) is 4.39 Å². The molecule has 9 heavy (non-hydrogen) atoms. The SMILES string of the molecule is Fc1c[c]cc(Br)c1Br. The summed E-state index contributed by atoms with van der Waals surface area (Å²) in [6, 6.07) is 5.54. The molecule has 0 aliphatic heterocycles. The van der Waals surface area contributed by atoms with Gasteiger partial charge in [0.2, 0.25) is 0 Å². The highest BCUT2D eigenvalue weighted by atomic mass is 79.9. The van der Waals surface area contributed by atoms with Crippen LogP contribution < -0.4 is 0 Å². The van der Waals surface area contributed by atoms with Crippen molar-refractivity contribution in [2.24, 2.45) is 0 Å². The fraction of sp³-hybridized carbons (Fsp3) is 0. The Kier molecular flexibility index (Phi) is 2.24. The third-order valence-electron chi connectivity index (χ3n) is 0.839. The Morgan fingerprint density at radius 2 is 2.00 bits per heavy atom. The van der Waals surface area contributed by atoms with Gasteiger partial charge < -0.3 is 0 Å². The first kappa shape index (κ1) is 7.22. The molecule has 0 aliphatic carbocycles. The Labute approximate surface area is 69.3 Å². The molecule has 0 bridgehead atoms. The molecule has 1 aromatic rings. The third kappa shape index (κ3) is 1.52. The van der Waals surface area contributed by atoms with E-state index in [-0.39, 0.29) is 5.82 Å². The molecule has 0 aromatic heterocycles. The molecule has 0 N–H and O–H groups in total. The predicted molar refractivity (Wildman–Crippen MR) is 40.6 cm³/mol. The lowest BCUT2D eigenvalue weighted by Gasteiger charge is -1.93. The number of hydrogen-bond acceptors (Lipinski definition) is 0. The highest BCUT2D eigenvalue weighted by molar-refractivity contribution is 9.13. The molecule has 0 fully saturated rings. The normalized spacial score (nSPS) is 9.67. The van der Waals surface area contributed by atoms with Crippen LogP contribution in [0.25, 0.3) is 0 Å². The maximum Gasteiger partial charge on any atom is 0.139 e. The van der Waals surface area contributed by atoms with Crippen LogP contribution in [-0.2, 0) is 0 Å². The zero-order chi connectivity index (χ0) is 6.85. The summed E-state index contributed by atoms with van der Waals surface area (Å²) in [6.45, 7) is 0. The van der Waals surface area contributed by atoms with Crippen LogP contribution >= 0.6 is 31.9 Å². The van der Waals surface area contributed by atoms with Crippen LogP contribution in [0.15, 0.2) is 21.1 Å². The summed E-state index contributed by atoms with van der Waals surface area (Å²) in [6.07, 6.45) is 0. The fourth-order valence-electron chi connectivity index (χ4n) is 0.429. The van der Waals surface area contributed by atoms with E-state index in [9.17, 15) is 4.39 Å². The lowest BCUT2D eigenvalue weighted by atomic mass is 10.4. The van der Waals surface area contributed by atoms with Gasteiger partial charge in [0.25, 0.3) is 0 Å². The minimum Gasteiger partial charge on any atom is -0.206 e. The molecule has 0 unspecified atom stereocenters. The maximum atomic E-state index is 12.5. The standard InChI is InChI=1S/C6H2Br2F/c7-4-2-1-3-5(9)6(4)8/h2-3H. The van der Waals surface area contributed by atoms with Crippen molar-refractivity contribution in [2.45, 2.75) is 0 Å². The van der Waals surface area contributed by atoms with E-state index >= 15 is 0 Å². The first-order chi connectivity index (χ1) is 4.22. The summed E-state index contributed by atoms with van der Waals surface area (Å²) in [5.74, 6) is -0.302. The minimum atomic E-state index is -0.302. The average molecular weight is 253 g/mol. The molecule has 0 saturated heterocycles. The largest absolute Gasteiger partial charge is 0.206 e. The second-order valence-corrected chi connectivity index (χ2v) is 3.11. The van der Waals surface area contributed by atoms with Crippen molar-refractivity contribution in [3.05, 3.63) is 33.0 Å². The molecule has 0 aliphatic rings. The Balaban J connectivity index is 3.25. The van der Waals surface area contributed by atoms with E-state index in [1.807, 2.05) is 0 Å². The van der Waals surface area contributed by atoms with Gasteiger partial charge in [0.15, 0.2) is 0 Å². The highest BCUT2D eigenvalue weighted by Gasteiger charge is 1.99. The van der Waals surface area contributed by atoms with Crippen LogP contribution in [0.3, 0.4) is 0 Å². The van der Waals surface area contributed by atoms with E-state index in [1.165, 1.54) is 6.07 Å². The van der Waals surface area contributed by atoms with Gasteiger partial charge in [-0.1, -0.05) is 0 Å². The molecule has 0 nitrogen and oxygen atoms in total. The van der Waals surface area contributed by atoms with Gasteiger partial charge in [0.05, 0.1) is 4.47 Å². The van der Waals surface area contributed by atoms with Gasteiger partial charge in [-0.3, -0.25) is 0 Å². The summed E-state index contributed by atoms with van der Waals surface area (Å²) in [4.78, 5) is 0. The van der Waals surface area contributed by atoms with Crippen LogP contribution in [-0.4, -0.2) is 0 Å². The zero-order valence-corrected chi connectivity index (χ0v) is 7.46. The first-order valence-electron chi connectivity index (χ1n) is 2.22. The molecule has 1 aromatic carbocycles. The van der Waals surface area contributed by atoms with Gasteiger partial charge in [-0.2, -0.15) is 0 Å². The number of hydrogen-bond donors (Lipinski definition) is 0. The lowest BCUT2D eigenvalue weighted by molar-refractivity contribution is 0.619. The van der Waals surface area contributed by atoms with E-state index in [0.717, 1.165) is 0 Å². The second-order valence-electron chi connectivity index (χ2n) is 1.47. The van der Waals surface area contributed by atoms with Crippen molar-refractivity contribution < 1.29 is 4.39 Å². The van der Waals surface area contributed by atoms with Crippen molar-refractivity contribution in [2.75, 3.05) is 0 Å². The lowest BCUT2D eigenvalue weighted by Crippen LogP contribution is -1.75. The molecule has 0 spiro atoms. The predicted octanol–water partition coefficient (Wildman–Crippen LogP) is 3.15. The Morgan fingerprint density at radius 1 is 1.33 bits per heavy atom. The van der Waals surface area contributed by atoms with Crippen molar-refractivity contribution >= 4 is 31.9 Å². The molecule has 0 atom stereocenters. The van der Waals surface area contributed by atoms with Gasteiger partial charge in [0.1, 0.15) is 5.82 Å². The molecular weight excluding hydrogens is 251 g/mol. The van der Waals surface area contributed by atoms with Gasteiger partial charge in [-0.15, -0.1) is 0 Å². The minimum absolute atomic E-state index is 0.302. The summed E-state index contributed by atoms with van der Waals surface area (Å²) < 4.78 is 13.6. The van der Waals surface area contributed by atoms with Crippen molar-refractivity contribution in [1.82, 2.24) is 0 Å². The van der Waals surface area contributed by atoms with Gasteiger partial charge in [-0.05, 0) is 50.1 Å². The molecule has 0 saturated carbocycles. The van der Waals surface area contributed by atoms with Crippen molar-refractivity contribution in [3.8, 4) is 0 Å². The number of halogens is 3. The van der Waals surface area contributed by atoms with Crippen LogP contribution in [0.2, 0.25) is 0 Å². The average Bonchev–Trinajstić information content (AvgIpc) is 1.83. The summed E-state index contributed by atoms with van der Waals surface area (Å²) >= 11 is 6.17. The number of rotatable bonds is 0. The second kappa shape index (κ2) is 2.80. The third-order valence-corrected chi connectivity index (χ3v) is 2.80. The Hall–Kier alpha value is 0.110. The first-order valence-corrected chi connectivity index (χ1v) is 3.81. The monoisotopic (exact) mass is 251 g/mol. The molecule has 47 valence electrons. The van der Waals surface area contributed by atoms with Gasteiger partial charge in [0, 0.05) is 4.47 Å². The molecular formula is C6H2Br2F. The molecule has 3 heteroatoms. The maximum absolute atomic E-state index is 12.5. The van der Waals surface area contributed by atoms with Crippen molar-refractivity contribution in [3.63, 3.8) is 0 Å². The fourth-order valence-corrected chi connectivity index (χ4v) is 0.979. The summed E-state index contributed by atoms with van der Waals surface area (Å²) in [7, 11) is 0. The van der Waals surface area contributed by atoms with Gasteiger partial charge >= 0.3 is 0 Å². The zero-order valence-electron chi connectivity index (χ0n) is 4.29. The smallest absolute Gasteiger partial charge is 0.139 e. The quantitative estimate of drug-likeness (QED) is 0.623. The topological polar surface area (TPSA) is 0 Å². The van der Waals surface area contributed by atoms with Crippen LogP contribution in [0.5, 0.6) is 0 Å². The molecule has 0 amide bonds. The number of benzene rings is 1. The summed E-state index contributed by atoms with van der Waals surface area (Å²) in [5, 5.41) is 0. The van der Waals surface area contributed by atoms with E-state index in [2.05, 4.69) is 37.9 Å².